The summed E-state index contributed by atoms with van der Waals surface area (Å²) in [5.41, 5.74) is 5.09. The zero-order valence-corrected chi connectivity index (χ0v) is 12.7. The SMILES string of the molecule is C#CC(O)c1cc2c(cc1C)C(C)(C)CCC2(C)C. The Balaban J connectivity index is 2.69. The molecule has 0 bridgehead atoms. The number of terminal acetylenes is 1. The van der Waals surface area contributed by atoms with E-state index in [2.05, 4.69) is 45.7 Å². The summed E-state index contributed by atoms with van der Waals surface area (Å²) in [5, 5.41) is 9.98. The van der Waals surface area contributed by atoms with Crippen LogP contribution in [-0.2, 0) is 10.8 Å². The van der Waals surface area contributed by atoms with Gasteiger partial charge in [0.15, 0.2) is 0 Å². The van der Waals surface area contributed by atoms with E-state index in [1.165, 1.54) is 24.0 Å². The van der Waals surface area contributed by atoms with Gasteiger partial charge in [0, 0.05) is 0 Å². The Hall–Kier alpha value is -1.26. The summed E-state index contributed by atoms with van der Waals surface area (Å²) >= 11 is 0. The fourth-order valence-electron chi connectivity index (χ4n) is 3.12. The molecule has 2 rings (SSSR count). The minimum absolute atomic E-state index is 0.154. The van der Waals surface area contributed by atoms with E-state index in [0.29, 0.717) is 0 Å². The molecule has 0 heterocycles. The second-order valence-electron chi connectivity index (χ2n) is 7.09. The molecule has 1 atom stereocenters. The molecule has 0 aliphatic heterocycles. The van der Waals surface area contributed by atoms with Crippen LogP contribution in [0.1, 0.15) is 68.9 Å². The number of rotatable bonds is 1. The average molecular weight is 256 g/mol. The summed E-state index contributed by atoms with van der Waals surface area (Å²) in [6.07, 6.45) is 6.94. The van der Waals surface area contributed by atoms with Gasteiger partial charge in [-0.1, -0.05) is 45.7 Å². The molecule has 1 aliphatic rings. The van der Waals surface area contributed by atoms with E-state index in [1.807, 2.05) is 6.92 Å². The molecule has 19 heavy (non-hydrogen) atoms. The Morgan fingerprint density at radius 1 is 1.11 bits per heavy atom. The lowest BCUT2D eigenvalue weighted by atomic mass is 9.62. The zero-order valence-electron chi connectivity index (χ0n) is 12.7. The number of aliphatic hydroxyl groups is 1. The van der Waals surface area contributed by atoms with Crippen molar-refractivity contribution in [3.05, 3.63) is 34.4 Å². The predicted octanol–water partition coefficient (Wildman–Crippen LogP) is 4.01. The molecule has 1 aromatic carbocycles. The van der Waals surface area contributed by atoms with Gasteiger partial charge in [-0.15, -0.1) is 6.42 Å². The van der Waals surface area contributed by atoms with Gasteiger partial charge in [0.2, 0.25) is 0 Å². The highest BCUT2D eigenvalue weighted by atomic mass is 16.3. The van der Waals surface area contributed by atoms with E-state index in [1.54, 1.807) is 0 Å². The van der Waals surface area contributed by atoms with Crippen LogP contribution in [0.15, 0.2) is 12.1 Å². The van der Waals surface area contributed by atoms with Crippen molar-refractivity contribution < 1.29 is 5.11 Å². The summed E-state index contributed by atoms with van der Waals surface area (Å²) < 4.78 is 0. The second kappa shape index (κ2) is 4.39. The Kier molecular flexibility index (Phi) is 3.27. The van der Waals surface area contributed by atoms with Gasteiger partial charge in [-0.3, -0.25) is 0 Å². The number of benzene rings is 1. The van der Waals surface area contributed by atoms with E-state index in [-0.39, 0.29) is 10.8 Å². The molecule has 1 N–H and O–H groups in total. The van der Waals surface area contributed by atoms with Gasteiger partial charge in [-0.05, 0) is 52.8 Å². The molecule has 1 aliphatic carbocycles. The minimum atomic E-state index is -0.800. The van der Waals surface area contributed by atoms with Crippen molar-refractivity contribution in [1.29, 1.82) is 0 Å². The van der Waals surface area contributed by atoms with Gasteiger partial charge < -0.3 is 5.11 Å². The number of aliphatic hydroxyl groups excluding tert-OH is 1. The van der Waals surface area contributed by atoms with Crippen molar-refractivity contribution in [2.75, 3.05) is 0 Å². The molecule has 0 saturated heterocycles. The third-order valence-corrected chi connectivity index (χ3v) is 4.69. The summed E-state index contributed by atoms with van der Waals surface area (Å²) in [4.78, 5) is 0. The maximum absolute atomic E-state index is 9.98. The van der Waals surface area contributed by atoms with Crippen LogP contribution in [0.3, 0.4) is 0 Å². The van der Waals surface area contributed by atoms with Crippen LogP contribution in [0.2, 0.25) is 0 Å². The summed E-state index contributed by atoms with van der Waals surface area (Å²) in [6.45, 7) is 11.2. The summed E-state index contributed by atoms with van der Waals surface area (Å²) in [7, 11) is 0. The molecule has 0 spiro atoms. The molecular weight excluding hydrogens is 232 g/mol. The van der Waals surface area contributed by atoms with Gasteiger partial charge in [0.05, 0.1) is 0 Å². The highest BCUT2D eigenvalue weighted by Crippen LogP contribution is 2.46. The van der Waals surface area contributed by atoms with Crippen LogP contribution in [-0.4, -0.2) is 5.11 Å². The zero-order chi connectivity index (χ0) is 14.4. The van der Waals surface area contributed by atoms with Crippen molar-refractivity contribution >= 4 is 0 Å². The van der Waals surface area contributed by atoms with Gasteiger partial charge in [-0.25, -0.2) is 0 Å². The summed E-state index contributed by atoms with van der Waals surface area (Å²) in [6, 6.07) is 4.36. The van der Waals surface area contributed by atoms with E-state index >= 15 is 0 Å². The maximum atomic E-state index is 9.98. The van der Waals surface area contributed by atoms with Crippen LogP contribution >= 0.6 is 0 Å². The smallest absolute Gasteiger partial charge is 0.140 e. The lowest BCUT2D eigenvalue weighted by molar-refractivity contribution is 0.236. The van der Waals surface area contributed by atoms with Crippen molar-refractivity contribution in [3.8, 4) is 12.3 Å². The molecule has 1 unspecified atom stereocenters. The first-order chi connectivity index (χ1) is 8.69. The number of fused-ring (bicyclic) bond motifs is 1. The molecule has 102 valence electrons. The largest absolute Gasteiger partial charge is 0.376 e. The van der Waals surface area contributed by atoms with Crippen LogP contribution in [0.25, 0.3) is 0 Å². The van der Waals surface area contributed by atoms with Crippen LogP contribution in [0.5, 0.6) is 0 Å². The molecule has 0 fully saturated rings. The lowest BCUT2D eigenvalue weighted by Gasteiger charge is -2.42. The topological polar surface area (TPSA) is 20.2 Å². The normalized spacial score (nSPS) is 21.3. The quantitative estimate of drug-likeness (QED) is 0.753. The van der Waals surface area contributed by atoms with E-state index < -0.39 is 6.10 Å². The third kappa shape index (κ3) is 2.30. The Morgan fingerprint density at radius 3 is 2.05 bits per heavy atom. The number of hydrogen-bond donors (Lipinski definition) is 1. The Labute approximate surface area is 117 Å². The maximum Gasteiger partial charge on any atom is 0.140 e. The van der Waals surface area contributed by atoms with E-state index in [0.717, 1.165) is 11.1 Å². The van der Waals surface area contributed by atoms with Gasteiger partial charge in [0.1, 0.15) is 6.10 Å². The third-order valence-electron chi connectivity index (χ3n) is 4.69. The van der Waals surface area contributed by atoms with Crippen LogP contribution in [0, 0.1) is 19.3 Å². The van der Waals surface area contributed by atoms with Crippen molar-refractivity contribution in [2.45, 2.75) is 64.4 Å². The van der Waals surface area contributed by atoms with Gasteiger partial charge in [0.25, 0.3) is 0 Å². The van der Waals surface area contributed by atoms with E-state index in [4.69, 9.17) is 6.42 Å². The lowest BCUT2D eigenvalue weighted by Crippen LogP contribution is -2.34. The molecule has 1 heteroatoms. The fourth-order valence-corrected chi connectivity index (χ4v) is 3.12. The monoisotopic (exact) mass is 256 g/mol. The first-order valence-corrected chi connectivity index (χ1v) is 6.99. The van der Waals surface area contributed by atoms with Crippen LogP contribution in [0.4, 0.5) is 0 Å². The molecular formula is C18H24O. The predicted molar refractivity (Wildman–Crippen MR) is 80.3 cm³/mol. The standard InChI is InChI=1S/C18H24O/c1-7-16(19)13-11-15-14(10-12(13)2)17(3,4)8-9-18(15,5)6/h1,10-11,16,19H,8-9H2,2-6H3. The molecule has 1 aromatic rings. The van der Waals surface area contributed by atoms with E-state index in [9.17, 15) is 5.11 Å². The van der Waals surface area contributed by atoms with Crippen LogP contribution < -0.4 is 0 Å². The average Bonchev–Trinajstić information content (AvgIpc) is 2.34. The molecule has 0 saturated carbocycles. The van der Waals surface area contributed by atoms with Crippen molar-refractivity contribution in [1.82, 2.24) is 0 Å². The Bertz CT molecular complexity index is 544. The number of hydrogen-bond acceptors (Lipinski definition) is 1. The second-order valence-corrected chi connectivity index (χ2v) is 7.09. The van der Waals surface area contributed by atoms with Gasteiger partial charge in [-0.2, -0.15) is 0 Å². The summed E-state index contributed by atoms with van der Waals surface area (Å²) in [5.74, 6) is 2.43. The molecule has 0 amide bonds. The first kappa shape index (κ1) is 14.2. The molecule has 0 aromatic heterocycles. The molecule has 0 radical (unpaired) electrons. The van der Waals surface area contributed by atoms with Gasteiger partial charge >= 0.3 is 0 Å². The highest BCUT2D eigenvalue weighted by molar-refractivity contribution is 5.48. The van der Waals surface area contributed by atoms with Crippen molar-refractivity contribution in [2.24, 2.45) is 0 Å². The molecule has 1 nitrogen and oxygen atoms in total. The fraction of sp³-hybridized carbons (Fsp3) is 0.556. The van der Waals surface area contributed by atoms with Crippen molar-refractivity contribution in [3.63, 3.8) is 0 Å². The minimum Gasteiger partial charge on any atom is -0.376 e. The first-order valence-electron chi connectivity index (χ1n) is 6.99. The Morgan fingerprint density at radius 2 is 1.58 bits per heavy atom. The number of aryl methyl sites for hydroxylation is 1. The highest BCUT2D eigenvalue weighted by Gasteiger charge is 2.37.